The van der Waals surface area contributed by atoms with Crippen LogP contribution in [0.1, 0.15) is 34.2 Å². The van der Waals surface area contributed by atoms with Gasteiger partial charge in [0.1, 0.15) is 0 Å². The van der Waals surface area contributed by atoms with Crippen LogP contribution in [0.4, 0.5) is 0 Å². The predicted molar refractivity (Wildman–Crippen MR) is 98.0 cm³/mol. The van der Waals surface area contributed by atoms with Gasteiger partial charge in [-0.25, -0.2) is 0 Å². The Labute approximate surface area is 145 Å². The molecular weight excluding hydrogens is 312 g/mol. The van der Waals surface area contributed by atoms with Crippen molar-refractivity contribution >= 4 is 23.1 Å². The van der Waals surface area contributed by atoms with Crippen LogP contribution in [-0.2, 0) is 6.42 Å². The minimum atomic E-state index is 0.499. The highest BCUT2D eigenvalue weighted by atomic mass is 16.4. The van der Waals surface area contributed by atoms with Gasteiger partial charge in [0, 0.05) is 11.5 Å². The minimum Gasteiger partial charge on any atom is -0.421 e. The van der Waals surface area contributed by atoms with E-state index in [1.165, 1.54) is 11.1 Å². The largest absolute Gasteiger partial charge is 0.421 e. The Morgan fingerprint density at radius 1 is 1.04 bits per heavy atom. The average Bonchev–Trinajstić information content (AvgIpc) is 3.22. The smallest absolute Gasteiger partial charge is 0.240 e. The molecule has 5 nitrogen and oxygen atoms in total. The molecule has 0 spiro atoms. The molecule has 5 heteroatoms. The summed E-state index contributed by atoms with van der Waals surface area (Å²) in [5.41, 5.74) is 5.53. The Morgan fingerprint density at radius 3 is 2.80 bits per heavy atom. The van der Waals surface area contributed by atoms with E-state index in [4.69, 9.17) is 4.42 Å². The second kappa shape index (κ2) is 6.36. The topological polar surface area (TPSA) is 67.6 Å². The highest BCUT2D eigenvalue weighted by Gasteiger charge is 2.10. The molecule has 0 atom stereocenters. The van der Waals surface area contributed by atoms with Crippen molar-refractivity contribution in [2.45, 2.75) is 20.3 Å². The van der Waals surface area contributed by atoms with Gasteiger partial charge < -0.3 is 4.42 Å². The molecule has 0 saturated heterocycles. The van der Waals surface area contributed by atoms with Crippen molar-refractivity contribution in [1.82, 2.24) is 20.4 Å². The summed E-state index contributed by atoms with van der Waals surface area (Å²) >= 11 is 0. The van der Waals surface area contributed by atoms with Gasteiger partial charge in [0.25, 0.3) is 0 Å². The highest BCUT2D eigenvalue weighted by molar-refractivity contribution is 5.81. The van der Waals surface area contributed by atoms with Crippen LogP contribution in [0, 0.1) is 13.8 Å². The molecule has 0 amide bonds. The number of H-pyrrole nitrogens is 1. The van der Waals surface area contributed by atoms with Crippen LogP contribution >= 0.6 is 0 Å². The van der Waals surface area contributed by atoms with Crippen molar-refractivity contribution < 1.29 is 4.42 Å². The fourth-order valence-electron chi connectivity index (χ4n) is 2.88. The summed E-state index contributed by atoms with van der Waals surface area (Å²) in [4.78, 5) is 0. The van der Waals surface area contributed by atoms with E-state index < -0.39 is 0 Å². The summed E-state index contributed by atoms with van der Waals surface area (Å²) in [5.74, 6) is 1.06. The lowest BCUT2D eigenvalue weighted by molar-refractivity contribution is 0.495. The maximum atomic E-state index is 5.73. The maximum absolute atomic E-state index is 5.73. The molecule has 2 aromatic carbocycles. The molecule has 2 aromatic heterocycles. The first-order valence-electron chi connectivity index (χ1n) is 8.19. The van der Waals surface area contributed by atoms with Crippen molar-refractivity contribution in [2.75, 3.05) is 0 Å². The minimum absolute atomic E-state index is 0.499. The maximum Gasteiger partial charge on any atom is 0.240 e. The molecule has 4 aromatic rings. The zero-order valence-corrected chi connectivity index (χ0v) is 14.2. The van der Waals surface area contributed by atoms with Crippen LogP contribution in [0.15, 0.2) is 46.9 Å². The second-order valence-electron chi connectivity index (χ2n) is 6.12. The average molecular weight is 330 g/mol. The van der Waals surface area contributed by atoms with E-state index in [9.17, 15) is 0 Å². The zero-order valence-electron chi connectivity index (χ0n) is 14.2. The molecule has 124 valence electrons. The summed E-state index contributed by atoms with van der Waals surface area (Å²) in [6, 6.07) is 14.3. The van der Waals surface area contributed by atoms with E-state index in [0.29, 0.717) is 18.2 Å². The Morgan fingerprint density at radius 2 is 1.92 bits per heavy atom. The zero-order chi connectivity index (χ0) is 17.2. The van der Waals surface area contributed by atoms with Crippen molar-refractivity contribution in [1.29, 1.82) is 0 Å². The van der Waals surface area contributed by atoms with Crippen LogP contribution in [0.5, 0.6) is 0 Å². The summed E-state index contributed by atoms with van der Waals surface area (Å²) < 4.78 is 5.73. The van der Waals surface area contributed by atoms with Gasteiger partial charge in [-0.2, -0.15) is 5.10 Å². The van der Waals surface area contributed by atoms with Crippen LogP contribution in [0.3, 0.4) is 0 Å². The number of aromatic amines is 1. The van der Waals surface area contributed by atoms with Gasteiger partial charge in [0.15, 0.2) is 0 Å². The molecule has 1 N–H and O–H groups in total. The normalized spacial score (nSPS) is 11.6. The third kappa shape index (κ3) is 3.21. The summed E-state index contributed by atoms with van der Waals surface area (Å²) in [6.45, 7) is 4.18. The Kier molecular flexibility index (Phi) is 3.90. The van der Waals surface area contributed by atoms with Gasteiger partial charge in [-0.05, 0) is 37.1 Å². The number of hydrogen-bond acceptors (Lipinski definition) is 4. The molecule has 0 aliphatic rings. The second-order valence-corrected chi connectivity index (χ2v) is 6.12. The first kappa shape index (κ1) is 15.3. The van der Waals surface area contributed by atoms with E-state index in [-0.39, 0.29) is 0 Å². The molecule has 4 rings (SSSR count). The fraction of sp³-hybridized carbons (Fsp3) is 0.150. The van der Waals surface area contributed by atoms with Gasteiger partial charge in [-0.3, -0.25) is 5.10 Å². The summed E-state index contributed by atoms with van der Waals surface area (Å²) in [5, 5.41) is 16.6. The number of para-hydroxylation sites is 1. The predicted octanol–water partition coefficient (Wildman–Crippen LogP) is 4.32. The quantitative estimate of drug-likeness (QED) is 0.605. The van der Waals surface area contributed by atoms with Crippen LogP contribution < -0.4 is 0 Å². The van der Waals surface area contributed by atoms with Crippen molar-refractivity contribution in [2.24, 2.45) is 0 Å². The standard InChI is InChI=1S/C20H18N4O/c1-13-7-8-15(14(2)11-13)9-10-19-23-24-20(25-19)12-18-16-5-3-4-6-17(16)21-22-18/h3-11H,12H2,1-2H3,(H,21,22)/b10-9+. The Bertz CT molecular complexity index is 1060. The van der Waals surface area contributed by atoms with E-state index in [1.807, 2.05) is 36.4 Å². The van der Waals surface area contributed by atoms with Gasteiger partial charge in [0.2, 0.25) is 11.8 Å². The summed E-state index contributed by atoms with van der Waals surface area (Å²) in [7, 11) is 0. The number of aromatic nitrogens is 4. The molecule has 2 heterocycles. The van der Waals surface area contributed by atoms with Gasteiger partial charge in [-0.15, -0.1) is 10.2 Å². The number of nitrogens with zero attached hydrogens (tertiary/aromatic N) is 3. The van der Waals surface area contributed by atoms with Crippen molar-refractivity contribution in [3.63, 3.8) is 0 Å². The monoisotopic (exact) mass is 330 g/mol. The molecule has 0 unspecified atom stereocenters. The molecule has 0 radical (unpaired) electrons. The number of rotatable bonds is 4. The lowest BCUT2D eigenvalue weighted by Gasteiger charge is -2.00. The summed E-state index contributed by atoms with van der Waals surface area (Å²) in [6.07, 6.45) is 4.38. The number of fused-ring (bicyclic) bond motifs is 1. The number of aryl methyl sites for hydroxylation is 2. The highest BCUT2D eigenvalue weighted by Crippen LogP contribution is 2.19. The molecular formula is C20H18N4O. The molecule has 0 aliphatic heterocycles. The number of benzene rings is 2. The van der Waals surface area contributed by atoms with Gasteiger partial charge in [0.05, 0.1) is 17.6 Å². The van der Waals surface area contributed by atoms with E-state index in [2.05, 4.69) is 52.4 Å². The fourth-order valence-corrected chi connectivity index (χ4v) is 2.88. The third-order valence-corrected chi connectivity index (χ3v) is 4.18. The third-order valence-electron chi connectivity index (χ3n) is 4.18. The molecule has 0 aliphatic carbocycles. The molecule has 25 heavy (non-hydrogen) atoms. The first-order valence-corrected chi connectivity index (χ1v) is 8.19. The Balaban J connectivity index is 1.53. The van der Waals surface area contributed by atoms with Crippen molar-refractivity contribution in [3.05, 3.63) is 76.6 Å². The van der Waals surface area contributed by atoms with Gasteiger partial charge >= 0.3 is 0 Å². The van der Waals surface area contributed by atoms with Crippen LogP contribution in [-0.4, -0.2) is 20.4 Å². The van der Waals surface area contributed by atoms with E-state index >= 15 is 0 Å². The van der Waals surface area contributed by atoms with Crippen LogP contribution in [0.25, 0.3) is 23.1 Å². The molecule has 0 bridgehead atoms. The SMILES string of the molecule is Cc1ccc(/C=C/c2nnc(Cc3[nH]nc4ccccc34)o2)c(C)c1. The first-order chi connectivity index (χ1) is 12.2. The lowest BCUT2D eigenvalue weighted by atomic mass is 10.1. The van der Waals surface area contributed by atoms with E-state index in [0.717, 1.165) is 22.2 Å². The lowest BCUT2D eigenvalue weighted by Crippen LogP contribution is -1.89. The number of nitrogens with one attached hydrogen (secondary N) is 1. The molecule has 0 saturated carbocycles. The van der Waals surface area contributed by atoms with E-state index in [1.54, 1.807) is 0 Å². The number of hydrogen-bond donors (Lipinski definition) is 1. The van der Waals surface area contributed by atoms with Crippen LogP contribution in [0.2, 0.25) is 0 Å². The van der Waals surface area contributed by atoms with Gasteiger partial charge in [-0.1, -0.05) is 42.0 Å². The van der Waals surface area contributed by atoms with Crippen molar-refractivity contribution in [3.8, 4) is 0 Å². The Hall–Kier alpha value is -3.21. The molecule has 0 fully saturated rings.